The minimum Gasteiger partial charge on any atom is -0.382 e. The summed E-state index contributed by atoms with van der Waals surface area (Å²) in [5.74, 6) is 1.05. The summed E-state index contributed by atoms with van der Waals surface area (Å²) in [6.45, 7) is 6.95. The van der Waals surface area contributed by atoms with Crippen LogP contribution < -0.4 is 11.1 Å². The number of alkyl halides is 1. The summed E-state index contributed by atoms with van der Waals surface area (Å²) in [7, 11) is 0. The molecule has 0 aliphatic heterocycles. The Labute approximate surface area is 193 Å². The van der Waals surface area contributed by atoms with Gasteiger partial charge in [-0.25, -0.2) is 19.3 Å². The van der Waals surface area contributed by atoms with Crippen LogP contribution in [0.25, 0.3) is 11.2 Å². The quantitative estimate of drug-likeness (QED) is 0.317. The Bertz CT molecular complexity index is 1050. The van der Waals surface area contributed by atoms with Crippen LogP contribution in [0.4, 0.5) is 10.2 Å². The lowest BCUT2D eigenvalue weighted by atomic mass is 10.1. The predicted molar refractivity (Wildman–Crippen MR) is 128 cm³/mol. The van der Waals surface area contributed by atoms with Gasteiger partial charge in [0.05, 0.1) is 0 Å². The average molecular weight is 540 g/mol. The van der Waals surface area contributed by atoms with Gasteiger partial charge in [0.1, 0.15) is 12.5 Å². The molecule has 1 aromatic carbocycles. The lowest BCUT2D eigenvalue weighted by molar-refractivity contribution is 0.343. The topological polar surface area (TPSA) is 81.7 Å². The summed E-state index contributed by atoms with van der Waals surface area (Å²) >= 11 is 3.86. The van der Waals surface area contributed by atoms with Gasteiger partial charge in [-0.15, -0.1) is 0 Å². The number of nitrogens with one attached hydrogen (secondary N) is 1. The van der Waals surface area contributed by atoms with Gasteiger partial charge < -0.3 is 15.6 Å². The van der Waals surface area contributed by atoms with Gasteiger partial charge in [0.2, 0.25) is 0 Å². The fourth-order valence-corrected chi connectivity index (χ4v) is 5.48. The van der Waals surface area contributed by atoms with E-state index in [1.807, 2.05) is 6.07 Å². The molecule has 1 unspecified atom stereocenters. The molecule has 2 aromatic heterocycles. The second kappa shape index (κ2) is 9.35. The maximum atomic E-state index is 14.3. The van der Waals surface area contributed by atoms with Crippen molar-refractivity contribution in [3.63, 3.8) is 0 Å². The molecule has 0 saturated carbocycles. The molecule has 4 rings (SSSR count). The number of halogens is 2. The Morgan fingerprint density at radius 3 is 2.97 bits per heavy atom. The van der Waals surface area contributed by atoms with Crippen molar-refractivity contribution in [2.75, 3.05) is 18.8 Å². The zero-order valence-electron chi connectivity index (χ0n) is 17.2. The number of anilines is 1. The third-order valence-corrected chi connectivity index (χ3v) is 7.65. The third-order valence-electron chi connectivity index (χ3n) is 5.34. The normalized spacial score (nSPS) is 16.0. The number of hydrogen-bond donors (Lipinski definition) is 2. The van der Waals surface area contributed by atoms with Crippen molar-refractivity contribution >= 4 is 51.3 Å². The lowest BCUT2D eigenvalue weighted by Gasteiger charge is -2.12. The van der Waals surface area contributed by atoms with Crippen LogP contribution in [0, 0.1) is 9.49 Å². The average Bonchev–Trinajstić information content (AvgIpc) is 3.23. The van der Waals surface area contributed by atoms with Gasteiger partial charge in [0.15, 0.2) is 22.1 Å². The minimum absolute atomic E-state index is 0.376. The highest BCUT2D eigenvalue weighted by Gasteiger charge is 2.24. The van der Waals surface area contributed by atoms with E-state index in [9.17, 15) is 4.39 Å². The van der Waals surface area contributed by atoms with E-state index in [-0.39, 0.29) is 0 Å². The highest BCUT2D eigenvalue weighted by Crippen LogP contribution is 2.41. The summed E-state index contributed by atoms with van der Waals surface area (Å²) in [6, 6.07) is 4.09. The van der Waals surface area contributed by atoms with Crippen molar-refractivity contribution < 1.29 is 4.39 Å². The molecule has 9 heteroatoms. The molecule has 3 N–H and O–H groups in total. The van der Waals surface area contributed by atoms with Crippen LogP contribution in [0.3, 0.4) is 0 Å². The molecule has 1 atom stereocenters. The molecule has 0 bridgehead atoms. The van der Waals surface area contributed by atoms with Gasteiger partial charge in [-0.3, -0.25) is 0 Å². The van der Waals surface area contributed by atoms with Gasteiger partial charge in [-0.2, -0.15) is 0 Å². The van der Waals surface area contributed by atoms with E-state index in [4.69, 9.17) is 10.7 Å². The van der Waals surface area contributed by atoms with Gasteiger partial charge in [-0.05, 0) is 77.6 Å². The highest BCUT2D eigenvalue weighted by molar-refractivity contribution is 14.1. The maximum Gasteiger partial charge on any atom is 0.175 e. The van der Waals surface area contributed by atoms with Crippen LogP contribution in [0.2, 0.25) is 0 Å². The standard InChI is InChI=1S/C21H26FIN6S/c1-12(2)5-6-25-7-8-29-20-18(19(24)26-11-27-20)28-21(29)30-17-10-14-13(9-16(17)23)3-4-15(14)22/h9-12,15,25H,3-8H2,1-2H3,(H2,24,26,27). The van der Waals surface area contributed by atoms with Crippen molar-refractivity contribution in [3.8, 4) is 0 Å². The van der Waals surface area contributed by atoms with E-state index in [2.05, 4.69) is 62.4 Å². The SMILES string of the molecule is CC(C)CCNCCn1c(Sc2cc3c(cc2I)CCC3F)nc2c(N)ncnc21. The molecule has 1 aliphatic rings. The molecule has 0 saturated heterocycles. The predicted octanol–water partition coefficient (Wildman–Crippen LogP) is 4.76. The largest absolute Gasteiger partial charge is 0.382 e. The van der Waals surface area contributed by atoms with E-state index in [1.54, 1.807) is 0 Å². The maximum absolute atomic E-state index is 14.3. The molecule has 0 amide bonds. The number of nitrogen functional groups attached to an aromatic ring is 1. The molecule has 2 heterocycles. The fraction of sp³-hybridized carbons (Fsp3) is 0.476. The first-order valence-electron chi connectivity index (χ1n) is 10.3. The molecular formula is C21H26FIN6S. The van der Waals surface area contributed by atoms with E-state index in [0.717, 1.165) is 62.9 Å². The first-order chi connectivity index (χ1) is 14.4. The van der Waals surface area contributed by atoms with Gasteiger partial charge in [0, 0.05) is 21.6 Å². The van der Waals surface area contributed by atoms with Crippen molar-refractivity contribution in [2.45, 2.75) is 55.9 Å². The summed E-state index contributed by atoms with van der Waals surface area (Å²) in [6.07, 6.45) is 3.13. The van der Waals surface area contributed by atoms with Crippen LogP contribution in [-0.4, -0.2) is 32.6 Å². The van der Waals surface area contributed by atoms with Crippen molar-refractivity contribution in [1.29, 1.82) is 0 Å². The van der Waals surface area contributed by atoms with Crippen LogP contribution in [0.5, 0.6) is 0 Å². The number of hydrogen-bond acceptors (Lipinski definition) is 6. The number of fused-ring (bicyclic) bond motifs is 2. The van der Waals surface area contributed by atoms with E-state index >= 15 is 0 Å². The van der Waals surface area contributed by atoms with Crippen LogP contribution in [0.15, 0.2) is 28.5 Å². The summed E-state index contributed by atoms with van der Waals surface area (Å²) in [5, 5.41) is 4.29. The van der Waals surface area contributed by atoms with Gasteiger partial charge >= 0.3 is 0 Å². The van der Waals surface area contributed by atoms with Crippen molar-refractivity contribution in [2.24, 2.45) is 5.92 Å². The molecule has 0 spiro atoms. The number of nitrogens with two attached hydrogens (primary N) is 1. The monoisotopic (exact) mass is 540 g/mol. The van der Waals surface area contributed by atoms with Crippen LogP contribution in [0.1, 0.15) is 44.0 Å². The number of rotatable bonds is 8. The minimum atomic E-state index is -0.873. The van der Waals surface area contributed by atoms with Crippen molar-refractivity contribution in [3.05, 3.63) is 33.2 Å². The van der Waals surface area contributed by atoms with Gasteiger partial charge in [-0.1, -0.05) is 25.6 Å². The number of benzene rings is 1. The highest BCUT2D eigenvalue weighted by atomic mass is 127. The number of aryl methyl sites for hydroxylation is 1. The fourth-order valence-electron chi connectivity index (χ4n) is 3.65. The van der Waals surface area contributed by atoms with Crippen molar-refractivity contribution in [1.82, 2.24) is 24.8 Å². The number of nitrogens with zero attached hydrogens (tertiary/aromatic N) is 4. The molecule has 160 valence electrons. The first-order valence-corrected chi connectivity index (χ1v) is 12.1. The summed E-state index contributed by atoms with van der Waals surface area (Å²) in [4.78, 5) is 14.3. The van der Waals surface area contributed by atoms with E-state index in [1.165, 1.54) is 18.1 Å². The molecule has 3 aromatic rings. The first kappa shape index (κ1) is 21.8. The zero-order valence-corrected chi connectivity index (χ0v) is 20.1. The van der Waals surface area contributed by atoms with E-state index < -0.39 is 6.17 Å². The molecule has 30 heavy (non-hydrogen) atoms. The second-order valence-electron chi connectivity index (χ2n) is 8.00. The Hall–Kier alpha value is -1.46. The molecular weight excluding hydrogens is 514 g/mol. The number of imidazole rings is 1. The van der Waals surface area contributed by atoms with Gasteiger partial charge in [0.25, 0.3) is 0 Å². The third kappa shape index (κ3) is 4.57. The summed E-state index contributed by atoms with van der Waals surface area (Å²) < 4.78 is 17.5. The Morgan fingerprint density at radius 2 is 2.17 bits per heavy atom. The van der Waals surface area contributed by atoms with Crippen LogP contribution in [-0.2, 0) is 13.0 Å². The van der Waals surface area contributed by atoms with E-state index in [0.29, 0.717) is 23.7 Å². The molecule has 0 radical (unpaired) electrons. The Morgan fingerprint density at radius 1 is 1.33 bits per heavy atom. The molecule has 1 aliphatic carbocycles. The lowest BCUT2D eigenvalue weighted by Crippen LogP contribution is -2.22. The number of aromatic nitrogens is 4. The summed E-state index contributed by atoms with van der Waals surface area (Å²) in [5.41, 5.74) is 9.34. The second-order valence-corrected chi connectivity index (χ2v) is 10.2. The molecule has 0 fully saturated rings. The van der Waals surface area contributed by atoms with Crippen LogP contribution >= 0.6 is 34.4 Å². The smallest absolute Gasteiger partial charge is 0.175 e. The Balaban J connectivity index is 1.62. The Kier molecular flexibility index (Phi) is 6.78. The zero-order chi connectivity index (χ0) is 21.3. The molecule has 6 nitrogen and oxygen atoms in total.